The number of amides is 2. The number of hydrogen-bond acceptors (Lipinski definition) is 3. The van der Waals surface area contributed by atoms with E-state index in [1.807, 2.05) is 13.0 Å². The van der Waals surface area contributed by atoms with Crippen LogP contribution in [-0.4, -0.2) is 35.9 Å². The number of halogens is 2. The lowest BCUT2D eigenvalue weighted by Gasteiger charge is -2.28. The van der Waals surface area contributed by atoms with E-state index in [2.05, 4.69) is 5.32 Å². The van der Waals surface area contributed by atoms with Crippen molar-refractivity contribution in [3.05, 3.63) is 64.1 Å². The summed E-state index contributed by atoms with van der Waals surface area (Å²) in [6.45, 7) is 4.05. The van der Waals surface area contributed by atoms with Crippen LogP contribution in [0.3, 0.4) is 0 Å². The van der Waals surface area contributed by atoms with Gasteiger partial charge in [0.15, 0.2) is 6.61 Å². The number of ether oxygens (including phenoxy) is 1. The molecular formula is C20H22Cl2N2O3. The van der Waals surface area contributed by atoms with Gasteiger partial charge < -0.3 is 15.0 Å². The number of carbonyl (C=O) groups is 2. The normalized spacial score (nSPS) is 11.6. The second-order valence-corrected chi connectivity index (χ2v) is 6.84. The molecule has 0 aliphatic rings. The second-order valence-electron chi connectivity index (χ2n) is 5.97. The number of likely N-dealkylation sites (N-methyl/N-ethyl adjacent to an activating group) is 1. The Hall–Kier alpha value is -2.24. The number of carbonyl (C=O) groups excluding carboxylic acids is 2. The molecule has 0 saturated carbocycles. The number of nitrogens with one attached hydrogen (secondary N) is 1. The highest BCUT2D eigenvalue weighted by Crippen LogP contribution is 2.18. The van der Waals surface area contributed by atoms with Crippen LogP contribution in [0, 0.1) is 0 Å². The summed E-state index contributed by atoms with van der Waals surface area (Å²) in [5, 5.41) is 3.83. The highest BCUT2D eigenvalue weighted by Gasteiger charge is 2.26. The third-order valence-electron chi connectivity index (χ3n) is 3.92. The minimum absolute atomic E-state index is 0.204. The van der Waals surface area contributed by atoms with Crippen LogP contribution in [0.4, 0.5) is 0 Å². The van der Waals surface area contributed by atoms with E-state index in [9.17, 15) is 9.59 Å². The first-order valence-electron chi connectivity index (χ1n) is 8.60. The molecule has 5 nitrogen and oxygen atoms in total. The maximum Gasteiger partial charge on any atom is 0.261 e. The molecular weight excluding hydrogens is 387 g/mol. The molecule has 2 aromatic rings. The fourth-order valence-corrected chi connectivity index (χ4v) is 2.91. The molecule has 27 heavy (non-hydrogen) atoms. The quantitative estimate of drug-likeness (QED) is 0.719. The van der Waals surface area contributed by atoms with E-state index in [1.54, 1.807) is 49.4 Å². The van der Waals surface area contributed by atoms with Gasteiger partial charge in [0.25, 0.3) is 5.91 Å². The summed E-state index contributed by atoms with van der Waals surface area (Å²) in [6.07, 6.45) is 0. The van der Waals surface area contributed by atoms with E-state index in [0.717, 1.165) is 5.56 Å². The molecule has 0 heterocycles. The van der Waals surface area contributed by atoms with Crippen molar-refractivity contribution in [2.75, 3.05) is 13.2 Å². The Bertz CT molecular complexity index is 798. The molecule has 0 saturated heterocycles. The summed E-state index contributed by atoms with van der Waals surface area (Å²) in [7, 11) is 0. The molecule has 0 aliphatic heterocycles. The van der Waals surface area contributed by atoms with Gasteiger partial charge in [0.1, 0.15) is 11.8 Å². The average Bonchev–Trinajstić information content (AvgIpc) is 2.64. The van der Waals surface area contributed by atoms with Crippen molar-refractivity contribution in [3.8, 4) is 5.75 Å². The van der Waals surface area contributed by atoms with Crippen molar-refractivity contribution < 1.29 is 14.3 Å². The third kappa shape index (κ3) is 6.45. The lowest BCUT2D eigenvalue weighted by atomic mass is 10.1. The maximum absolute atomic E-state index is 12.8. The summed E-state index contributed by atoms with van der Waals surface area (Å²) in [5.41, 5.74) is 0.828. The van der Waals surface area contributed by atoms with Gasteiger partial charge in [-0.05, 0) is 49.7 Å². The smallest absolute Gasteiger partial charge is 0.261 e. The maximum atomic E-state index is 12.8. The number of benzene rings is 2. The van der Waals surface area contributed by atoms with Gasteiger partial charge in [0, 0.05) is 23.1 Å². The van der Waals surface area contributed by atoms with Gasteiger partial charge in [-0.15, -0.1) is 0 Å². The number of hydrogen-bond donors (Lipinski definition) is 1. The molecule has 2 amide bonds. The van der Waals surface area contributed by atoms with Gasteiger partial charge in [-0.25, -0.2) is 0 Å². The first-order chi connectivity index (χ1) is 12.9. The molecule has 0 aliphatic carbocycles. The molecule has 1 N–H and O–H groups in total. The van der Waals surface area contributed by atoms with Gasteiger partial charge in [-0.1, -0.05) is 41.4 Å². The Balaban J connectivity index is 2.14. The van der Waals surface area contributed by atoms with Crippen molar-refractivity contribution >= 4 is 35.0 Å². The summed E-state index contributed by atoms with van der Waals surface area (Å²) < 4.78 is 5.55. The van der Waals surface area contributed by atoms with Crippen molar-refractivity contribution in [1.82, 2.24) is 10.2 Å². The molecule has 0 bridgehead atoms. The fraction of sp³-hybridized carbons (Fsp3) is 0.300. The third-order valence-corrected chi connectivity index (χ3v) is 4.39. The predicted octanol–water partition coefficient (Wildman–Crippen LogP) is 3.93. The topological polar surface area (TPSA) is 58.6 Å². The summed E-state index contributed by atoms with van der Waals surface area (Å²) in [6, 6.07) is 13.3. The zero-order chi connectivity index (χ0) is 19.8. The lowest BCUT2D eigenvalue weighted by Crippen LogP contribution is -2.49. The molecule has 0 spiro atoms. The lowest BCUT2D eigenvalue weighted by molar-refractivity contribution is -0.142. The van der Waals surface area contributed by atoms with Gasteiger partial charge in [0.2, 0.25) is 5.91 Å². The van der Waals surface area contributed by atoms with Gasteiger partial charge in [0.05, 0.1) is 0 Å². The molecule has 0 radical (unpaired) electrons. The molecule has 0 unspecified atom stereocenters. The standard InChI is InChI=1S/C20H22Cl2N2O3/c1-3-23-20(26)14(2)24(12-15-6-4-7-16(21)10-15)19(25)13-27-18-9-5-8-17(22)11-18/h4-11,14H,3,12-13H2,1-2H3,(H,23,26)/t14-/m1/s1. The van der Waals surface area contributed by atoms with Gasteiger partial charge in [-0.2, -0.15) is 0 Å². The Kier molecular flexibility index (Phi) is 7.95. The van der Waals surface area contributed by atoms with E-state index >= 15 is 0 Å². The molecule has 0 fully saturated rings. The largest absolute Gasteiger partial charge is 0.484 e. The Morgan fingerprint density at radius 3 is 2.41 bits per heavy atom. The predicted molar refractivity (Wildman–Crippen MR) is 107 cm³/mol. The van der Waals surface area contributed by atoms with Gasteiger partial charge in [-0.3, -0.25) is 9.59 Å². The van der Waals surface area contributed by atoms with Crippen molar-refractivity contribution in [3.63, 3.8) is 0 Å². The number of rotatable bonds is 8. The molecule has 7 heteroatoms. The van der Waals surface area contributed by atoms with Crippen molar-refractivity contribution in [2.45, 2.75) is 26.4 Å². The molecule has 1 atom stereocenters. The van der Waals surface area contributed by atoms with Crippen LogP contribution in [0.2, 0.25) is 10.0 Å². The Morgan fingerprint density at radius 2 is 1.78 bits per heavy atom. The summed E-state index contributed by atoms with van der Waals surface area (Å²) >= 11 is 12.0. The number of nitrogens with zero attached hydrogens (tertiary/aromatic N) is 1. The van der Waals surface area contributed by atoms with E-state index < -0.39 is 6.04 Å². The highest BCUT2D eigenvalue weighted by molar-refractivity contribution is 6.30. The van der Waals surface area contributed by atoms with Crippen molar-refractivity contribution in [1.29, 1.82) is 0 Å². The van der Waals surface area contributed by atoms with Crippen LogP contribution < -0.4 is 10.1 Å². The highest BCUT2D eigenvalue weighted by atomic mass is 35.5. The first-order valence-corrected chi connectivity index (χ1v) is 9.36. The zero-order valence-electron chi connectivity index (χ0n) is 15.2. The zero-order valence-corrected chi connectivity index (χ0v) is 16.8. The first kappa shape index (κ1) is 21.1. The van der Waals surface area contributed by atoms with Crippen LogP contribution in [0.15, 0.2) is 48.5 Å². The minimum atomic E-state index is -0.653. The van der Waals surface area contributed by atoms with Gasteiger partial charge >= 0.3 is 0 Å². The molecule has 2 aromatic carbocycles. The van der Waals surface area contributed by atoms with Crippen LogP contribution in [0.1, 0.15) is 19.4 Å². The summed E-state index contributed by atoms with van der Waals surface area (Å²) in [5.74, 6) is -0.0476. The molecule has 2 rings (SSSR count). The summed E-state index contributed by atoms with van der Waals surface area (Å²) in [4.78, 5) is 26.5. The van der Waals surface area contributed by atoms with E-state index in [0.29, 0.717) is 22.3 Å². The molecule has 0 aromatic heterocycles. The van der Waals surface area contributed by atoms with Crippen LogP contribution in [-0.2, 0) is 16.1 Å². The van der Waals surface area contributed by atoms with Crippen LogP contribution >= 0.6 is 23.2 Å². The van der Waals surface area contributed by atoms with Crippen LogP contribution in [0.25, 0.3) is 0 Å². The Morgan fingerprint density at radius 1 is 1.11 bits per heavy atom. The Labute approximate surface area is 169 Å². The van der Waals surface area contributed by atoms with E-state index in [4.69, 9.17) is 27.9 Å². The van der Waals surface area contributed by atoms with Crippen molar-refractivity contribution in [2.24, 2.45) is 0 Å². The monoisotopic (exact) mass is 408 g/mol. The molecule has 144 valence electrons. The average molecular weight is 409 g/mol. The second kappa shape index (κ2) is 10.2. The van der Waals surface area contributed by atoms with E-state index in [1.165, 1.54) is 4.90 Å². The van der Waals surface area contributed by atoms with E-state index in [-0.39, 0.29) is 25.0 Å². The minimum Gasteiger partial charge on any atom is -0.484 e. The fourth-order valence-electron chi connectivity index (χ4n) is 2.52. The SMILES string of the molecule is CCNC(=O)[C@@H](C)N(Cc1cccc(Cl)c1)C(=O)COc1cccc(Cl)c1. The van der Waals surface area contributed by atoms with Crippen LogP contribution in [0.5, 0.6) is 5.75 Å².